The zero-order valence-corrected chi connectivity index (χ0v) is 14.9. The zero-order chi connectivity index (χ0) is 16.2. The highest BCUT2D eigenvalue weighted by atomic mass is 15.4. The van der Waals surface area contributed by atoms with Crippen molar-refractivity contribution in [2.45, 2.75) is 64.5 Å². The first kappa shape index (κ1) is 15.1. The fraction of sp³-hybridized carbons (Fsp3) is 0.737. The van der Waals surface area contributed by atoms with Crippen LogP contribution in [0.2, 0.25) is 0 Å². The molecule has 0 aromatic carbocycles. The number of aryl methyl sites for hydroxylation is 1. The lowest BCUT2D eigenvalue weighted by Crippen LogP contribution is -2.60. The first-order chi connectivity index (χ1) is 10.9. The van der Waals surface area contributed by atoms with Crippen LogP contribution in [0.4, 0.5) is 5.82 Å². The third-order valence-electron chi connectivity index (χ3n) is 6.36. The summed E-state index contributed by atoms with van der Waals surface area (Å²) in [4.78, 5) is 4.85. The van der Waals surface area contributed by atoms with Gasteiger partial charge in [-0.1, -0.05) is 6.58 Å². The minimum Gasteiger partial charge on any atom is -0.377 e. The second-order valence-electron chi connectivity index (χ2n) is 8.66. The largest absolute Gasteiger partial charge is 0.377 e. The third kappa shape index (κ3) is 2.38. The summed E-state index contributed by atoms with van der Waals surface area (Å²) in [6, 6.07) is 2.90. The molecule has 1 saturated carbocycles. The molecule has 4 nitrogen and oxygen atoms in total. The maximum absolute atomic E-state index is 5.02. The number of rotatable bonds is 3. The highest BCUT2D eigenvalue weighted by molar-refractivity contribution is 5.43. The van der Waals surface area contributed by atoms with Crippen LogP contribution >= 0.6 is 0 Å². The van der Waals surface area contributed by atoms with Crippen molar-refractivity contribution >= 4 is 5.82 Å². The minimum atomic E-state index is 0.239. The number of anilines is 1. The molecule has 23 heavy (non-hydrogen) atoms. The van der Waals surface area contributed by atoms with Crippen molar-refractivity contribution < 1.29 is 0 Å². The van der Waals surface area contributed by atoms with E-state index in [1.54, 1.807) is 0 Å². The first-order valence-electron chi connectivity index (χ1n) is 9.13. The lowest BCUT2D eigenvalue weighted by molar-refractivity contribution is -0.0683. The molecule has 2 aliphatic heterocycles. The summed E-state index contributed by atoms with van der Waals surface area (Å²) in [5, 5.41) is 5.02. The quantitative estimate of drug-likeness (QED) is 0.849. The summed E-state index contributed by atoms with van der Waals surface area (Å²) < 4.78 is 2.31. The van der Waals surface area contributed by atoms with Crippen molar-refractivity contribution in [2.75, 3.05) is 24.5 Å². The molecule has 3 fully saturated rings. The molecule has 1 aliphatic carbocycles. The van der Waals surface area contributed by atoms with E-state index in [1.165, 1.54) is 56.7 Å². The SMILES string of the molecule is C=CN1CC2(CC(n3nc(N4CCCCC4(C)C)cc3C)C2)C1. The van der Waals surface area contributed by atoms with Crippen molar-refractivity contribution in [3.8, 4) is 0 Å². The van der Waals surface area contributed by atoms with Gasteiger partial charge in [0, 0.05) is 42.3 Å². The van der Waals surface area contributed by atoms with Crippen molar-refractivity contribution in [3.63, 3.8) is 0 Å². The fourth-order valence-electron chi connectivity index (χ4n) is 4.98. The Morgan fingerprint density at radius 1 is 1.26 bits per heavy atom. The smallest absolute Gasteiger partial charge is 0.151 e. The monoisotopic (exact) mass is 314 g/mol. The van der Waals surface area contributed by atoms with Gasteiger partial charge < -0.3 is 9.80 Å². The minimum absolute atomic E-state index is 0.239. The molecule has 3 heterocycles. The molecule has 1 spiro atoms. The summed E-state index contributed by atoms with van der Waals surface area (Å²) in [6.45, 7) is 14.3. The Kier molecular flexibility index (Phi) is 3.30. The van der Waals surface area contributed by atoms with E-state index in [4.69, 9.17) is 5.10 Å². The number of nitrogens with zero attached hydrogens (tertiary/aromatic N) is 4. The van der Waals surface area contributed by atoms with E-state index >= 15 is 0 Å². The van der Waals surface area contributed by atoms with E-state index < -0.39 is 0 Å². The molecule has 1 aromatic heterocycles. The molecule has 4 heteroatoms. The van der Waals surface area contributed by atoms with Crippen molar-refractivity contribution in [2.24, 2.45) is 5.41 Å². The predicted molar refractivity (Wildman–Crippen MR) is 94.7 cm³/mol. The highest BCUT2D eigenvalue weighted by Crippen LogP contribution is 2.54. The standard InChI is InChI=1S/C19H30N4/c1-5-21-13-19(14-21)11-16(12-19)23-15(2)10-17(20-23)22-9-7-6-8-18(22,3)4/h5,10,16H,1,6-9,11-14H2,2-4H3. The third-order valence-corrected chi connectivity index (χ3v) is 6.36. The fourth-order valence-corrected chi connectivity index (χ4v) is 4.98. The number of aromatic nitrogens is 2. The van der Waals surface area contributed by atoms with Crippen LogP contribution in [-0.2, 0) is 0 Å². The summed E-state index contributed by atoms with van der Waals surface area (Å²) in [7, 11) is 0. The van der Waals surface area contributed by atoms with Crippen LogP contribution in [0.15, 0.2) is 18.8 Å². The van der Waals surface area contributed by atoms with Gasteiger partial charge in [-0.15, -0.1) is 0 Å². The van der Waals surface area contributed by atoms with E-state index in [2.05, 4.69) is 47.9 Å². The topological polar surface area (TPSA) is 24.3 Å². The van der Waals surface area contributed by atoms with Gasteiger partial charge in [0.25, 0.3) is 0 Å². The molecule has 0 bridgehead atoms. The Balaban J connectivity index is 1.47. The van der Waals surface area contributed by atoms with Crippen LogP contribution < -0.4 is 4.90 Å². The number of likely N-dealkylation sites (tertiary alicyclic amines) is 1. The molecule has 3 aliphatic rings. The Morgan fingerprint density at radius 3 is 2.65 bits per heavy atom. The summed E-state index contributed by atoms with van der Waals surface area (Å²) in [5.74, 6) is 1.19. The number of hydrogen-bond acceptors (Lipinski definition) is 3. The first-order valence-corrected chi connectivity index (χ1v) is 9.13. The maximum atomic E-state index is 5.02. The van der Waals surface area contributed by atoms with Gasteiger partial charge in [0.2, 0.25) is 0 Å². The lowest BCUT2D eigenvalue weighted by Gasteiger charge is -2.59. The van der Waals surface area contributed by atoms with E-state index in [9.17, 15) is 0 Å². The van der Waals surface area contributed by atoms with E-state index in [1.807, 2.05) is 6.20 Å². The van der Waals surface area contributed by atoms with Crippen LogP contribution in [0.25, 0.3) is 0 Å². The summed E-state index contributed by atoms with van der Waals surface area (Å²) >= 11 is 0. The molecular weight excluding hydrogens is 284 g/mol. The van der Waals surface area contributed by atoms with Crippen LogP contribution in [0, 0.1) is 12.3 Å². The second kappa shape index (κ2) is 5.02. The van der Waals surface area contributed by atoms with Crippen LogP contribution in [0.3, 0.4) is 0 Å². The second-order valence-corrected chi connectivity index (χ2v) is 8.66. The van der Waals surface area contributed by atoms with Crippen molar-refractivity contribution in [3.05, 3.63) is 24.5 Å². The Labute approximate surface area is 140 Å². The summed E-state index contributed by atoms with van der Waals surface area (Å²) in [6.07, 6.45) is 8.44. The highest BCUT2D eigenvalue weighted by Gasteiger charge is 2.52. The lowest BCUT2D eigenvalue weighted by atomic mass is 9.61. The Morgan fingerprint density at radius 2 is 2.00 bits per heavy atom. The Hall–Kier alpha value is -1.45. The van der Waals surface area contributed by atoms with Crippen LogP contribution in [-0.4, -0.2) is 39.9 Å². The van der Waals surface area contributed by atoms with Gasteiger partial charge in [0.1, 0.15) is 0 Å². The van der Waals surface area contributed by atoms with E-state index in [0.29, 0.717) is 11.5 Å². The molecular formula is C19H30N4. The molecule has 0 N–H and O–H groups in total. The molecule has 2 saturated heterocycles. The van der Waals surface area contributed by atoms with Crippen molar-refractivity contribution in [1.82, 2.24) is 14.7 Å². The van der Waals surface area contributed by atoms with Crippen LogP contribution in [0.5, 0.6) is 0 Å². The van der Waals surface area contributed by atoms with Gasteiger partial charge in [-0.2, -0.15) is 5.10 Å². The van der Waals surface area contributed by atoms with Gasteiger partial charge in [-0.05, 0) is 59.1 Å². The van der Waals surface area contributed by atoms with Gasteiger partial charge in [0.05, 0.1) is 6.04 Å². The van der Waals surface area contributed by atoms with Gasteiger partial charge in [0.15, 0.2) is 5.82 Å². The summed E-state index contributed by atoms with van der Waals surface area (Å²) in [5.41, 5.74) is 2.12. The van der Waals surface area contributed by atoms with E-state index in [-0.39, 0.29) is 5.54 Å². The average Bonchev–Trinajstić information content (AvgIpc) is 2.77. The van der Waals surface area contributed by atoms with E-state index in [0.717, 1.165) is 6.54 Å². The van der Waals surface area contributed by atoms with Crippen molar-refractivity contribution in [1.29, 1.82) is 0 Å². The normalized spacial score (nSPS) is 26.0. The van der Waals surface area contributed by atoms with Gasteiger partial charge in [-0.25, -0.2) is 0 Å². The number of piperidine rings is 1. The molecule has 0 unspecified atom stereocenters. The molecule has 4 rings (SSSR count). The maximum Gasteiger partial charge on any atom is 0.151 e. The van der Waals surface area contributed by atoms with Gasteiger partial charge in [-0.3, -0.25) is 4.68 Å². The zero-order valence-electron chi connectivity index (χ0n) is 14.9. The molecule has 0 radical (unpaired) electrons. The Bertz CT molecular complexity index is 601. The van der Waals surface area contributed by atoms with Gasteiger partial charge >= 0.3 is 0 Å². The molecule has 0 atom stereocenters. The molecule has 1 aromatic rings. The van der Waals surface area contributed by atoms with Crippen LogP contribution in [0.1, 0.15) is 57.7 Å². The number of hydrogen-bond donors (Lipinski definition) is 0. The average molecular weight is 314 g/mol. The predicted octanol–water partition coefficient (Wildman–Crippen LogP) is 3.74. The molecule has 0 amide bonds. The molecule has 126 valence electrons.